The predicted octanol–water partition coefficient (Wildman–Crippen LogP) is 9.26. The lowest BCUT2D eigenvalue weighted by atomic mass is 10.1. The lowest BCUT2D eigenvalue weighted by molar-refractivity contribution is 1.14. The lowest BCUT2D eigenvalue weighted by Crippen LogP contribution is -1.99. The van der Waals surface area contributed by atoms with E-state index < -0.39 is 0 Å². The topological polar surface area (TPSA) is 9.86 Å². The van der Waals surface area contributed by atoms with Crippen molar-refractivity contribution in [2.24, 2.45) is 0 Å². The molecule has 0 unspecified atom stereocenters. The quantitative estimate of drug-likeness (QED) is 0.217. The molecule has 0 spiro atoms. The van der Waals surface area contributed by atoms with E-state index >= 15 is 0 Å². The molecule has 0 aliphatic carbocycles. The summed E-state index contributed by atoms with van der Waals surface area (Å²) in [6, 6.07) is 37.4. The maximum atomic E-state index is 3.77. The molecule has 7 aromatic rings. The molecular weight excluding hydrogens is 492 g/mol. The van der Waals surface area contributed by atoms with E-state index in [2.05, 4.69) is 142 Å². The number of aryl methyl sites for hydroxylation is 2. The highest BCUT2D eigenvalue weighted by Crippen LogP contribution is 2.42. The molecule has 2 nitrogen and oxygen atoms in total. The summed E-state index contributed by atoms with van der Waals surface area (Å²) in [5, 5.41) is 5.08. The van der Waals surface area contributed by atoms with Crippen molar-refractivity contribution in [3.8, 4) is 11.4 Å². The van der Waals surface area contributed by atoms with Crippen LogP contribution in [0.2, 0.25) is 0 Å². The summed E-state index contributed by atoms with van der Waals surface area (Å²) in [5.41, 5.74) is 9.76. The molecule has 0 fully saturated rings. The second-order valence-corrected chi connectivity index (χ2v) is 10.1. The van der Waals surface area contributed by atoms with Gasteiger partial charge in [0.2, 0.25) is 0 Å². The van der Waals surface area contributed by atoms with Gasteiger partial charge in [0.15, 0.2) is 0 Å². The van der Waals surface area contributed by atoms with Crippen LogP contribution in [0.15, 0.2) is 108 Å². The van der Waals surface area contributed by atoms with Gasteiger partial charge in [-0.25, -0.2) is 0 Å². The monoisotopic (exact) mass is 514 g/mol. The van der Waals surface area contributed by atoms with Gasteiger partial charge >= 0.3 is 0 Å². The van der Waals surface area contributed by atoms with Crippen LogP contribution in [0.3, 0.4) is 0 Å². The minimum absolute atomic E-state index is 1.17. The highest BCUT2D eigenvalue weighted by molar-refractivity contribution is 9.10. The predicted molar refractivity (Wildman–Crippen MR) is 152 cm³/mol. The van der Waals surface area contributed by atoms with Gasteiger partial charge in [-0.3, -0.25) is 0 Å². The van der Waals surface area contributed by atoms with Crippen molar-refractivity contribution in [2.45, 2.75) is 13.8 Å². The van der Waals surface area contributed by atoms with E-state index in [1.54, 1.807) is 0 Å². The number of nitrogens with zero attached hydrogens (tertiary/aromatic N) is 2. The number of fused-ring (bicyclic) bond motifs is 7. The lowest BCUT2D eigenvalue weighted by Gasteiger charge is -2.14. The Balaban J connectivity index is 1.78. The molecule has 168 valence electrons. The Morgan fingerprint density at radius 3 is 1.49 bits per heavy atom. The van der Waals surface area contributed by atoms with Gasteiger partial charge in [0.1, 0.15) is 0 Å². The van der Waals surface area contributed by atoms with E-state index in [1.165, 1.54) is 70.6 Å². The SMILES string of the molecule is Cc1cc(-n2c3ccccc3c3ccc4c5ccccc5n(-c5ccccc5)c4c32)cc(C)c1Br. The van der Waals surface area contributed by atoms with Crippen LogP contribution in [0, 0.1) is 13.8 Å². The molecule has 0 N–H and O–H groups in total. The van der Waals surface area contributed by atoms with Crippen LogP contribution in [0.1, 0.15) is 11.1 Å². The zero-order valence-electron chi connectivity index (χ0n) is 19.6. The van der Waals surface area contributed by atoms with Gasteiger partial charge in [-0.1, -0.05) is 82.7 Å². The first kappa shape index (κ1) is 20.5. The molecule has 7 rings (SSSR count). The number of hydrogen-bond acceptors (Lipinski definition) is 0. The summed E-state index contributed by atoms with van der Waals surface area (Å²) in [4.78, 5) is 0. The molecule has 0 aliphatic heterocycles. The molecule has 3 heteroatoms. The number of rotatable bonds is 2. The third-order valence-corrected chi connectivity index (χ3v) is 8.41. The number of benzene rings is 5. The van der Waals surface area contributed by atoms with E-state index in [0.29, 0.717) is 0 Å². The second kappa shape index (κ2) is 7.59. The van der Waals surface area contributed by atoms with Gasteiger partial charge < -0.3 is 9.13 Å². The summed E-state index contributed by atoms with van der Waals surface area (Å²) < 4.78 is 6.06. The van der Waals surface area contributed by atoms with Gasteiger partial charge in [0, 0.05) is 37.4 Å². The van der Waals surface area contributed by atoms with Crippen LogP contribution in [-0.2, 0) is 0 Å². The van der Waals surface area contributed by atoms with Crippen molar-refractivity contribution in [1.82, 2.24) is 9.13 Å². The average Bonchev–Trinajstić information content (AvgIpc) is 3.41. The van der Waals surface area contributed by atoms with Crippen molar-refractivity contribution in [1.29, 1.82) is 0 Å². The number of hydrogen-bond donors (Lipinski definition) is 0. The molecule has 0 saturated heterocycles. The van der Waals surface area contributed by atoms with Gasteiger partial charge in [-0.05, 0) is 61.4 Å². The second-order valence-electron chi connectivity index (χ2n) is 9.29. The normalized spacial score (nSPS) is 11.9. The first-order valence-corrected chi connectivity index (χ1v) is 12.7. The molecule has 0 atom stereocenters. The highest BCUT2D eigenvalue weighted by atomic mass is 79.9. The van der Waals surface area contributed by atoms with Crippen LogP contribution >= 0.6 is 15.9 Å². The fourth-order valence-electron chi connectivity index (χ4n) is 5.67. The van der Waals surface area contributed by atoms with E-state index in [0.717, 1.165) is 0 Å². The highest BCUT2D eigenvalue weighted by Gasteiger charge is 2.21. The fourth-order valence-corrected chi connectivity index (χ4v) is 5.90. The molecule has 0 amide bonds. The van der Waals surface area contributed by atoms with Crippen LogP contribution in [0.4, 0.5) is 0 Å². The van der Waals surface area contributed by atoms with E-state index in [-0.39, 0.29) is 0 Å². The van der Waals surface area contributed by atoms with Crippen molar-refractivity contribution in [3.63, 3.8) is 0 Å². The molecule has 0 saturated carbocycles. The van der Waals surface area contributed by atoms with E-state index in [4.69, 9.17) is 0 Å². The van der Waals surface area contributed by atoms with Crippen molar-refractivity contribution in [2.75, 3.05) is 0 Å². The third-order valence-electron chi connectivity index (χ3n) is 7.16. The van der Waals surface area contributed by atoms with E-state index in [1.807, 2.05) is 0 Å². The Kier molecular flexibility index (Phi) is 4.46. The average molecular weight is 515 g/mol. The molecule has 0 radical (unpaired) electrons. The Hall–Kier alpha value is -3.82. The summed E-state index contributed by atoms with van der Waals surface area (Å²) >= 11 is 3.77. The summed E-state index contributed by atoms with van der Waals surface area (Å²) in [6.45, 7) is 4.34. The maximum absolute atomic E-state index is 3.77. The smallest absolute Gasteiger partial charge is 0.0788 e. The Labute approximate surface area is 212 Å². The first-order valence-electron chi connectivity index (χ1n) is 11.9. The first-order chi connectivity index (χ1) is 17.1. The van der Waals surface area contributed by atoms with Crippen LogP contribution < -0.4 is 0 Å². The largest absolute Gasteiger partial charge is 0.307 e. The molecule has 2 aromatic heterocycles. The summed E-state index contributed by atoms with van der Waals surface area (Å²) in [6.07, 6.45) is 0. The molecule has 0 bridgehead atoms. The van der Waals surface area contributed by atoms with Crippen molar-refractivity contribution < 1.29 is 0 Å². The number of aromatic nitrogens is 2. The maximum Gasteiger partial charge on any atom is 0.0788 e. The third kappa shape index (κ3) is 2.88. The van der Waals surface area contributed by atoms with Gasteiger partial charge in [0.25, 0.3) is 0 Å². The van der Waals surface area contributed by atoms with Crippen LogP contribution in [0.25, 0.3) is 55.0 Å². The standard InChI is InChI=1S/C32H23BrN2/c1-20-18-23(19-21(2)30(20)33)35-29-15-9-7-13-25(29)27-17-16-26-24-12-6-8-14-28(24)34(31(26)32(27)35)22-10-4-3-5-11-22/h3-19H,1-2H3. The molecule has 35 heavy (non-hydrogen) atoms. The number of halogens is 1. The van der Waals surface area contributed by atoms with Crippen molar-refractivity contribution in [3.05, 3.63) is 119 Å². The van der Waals surface area contributed by atoms with Gasteiger partial charge in [-0.15, -0.1) is 0 Å². The Bertz CT molecular complexity index is 1900. The van der Waals surface area contributed by atoms with Gasteiger partial charge in [0.05, 0.1) is 22.1 Å². The van der Waals surface area contributed by atoms with Gasteiger partial charge in [-0.2, -0.15) is 0 Å². The van der Waals surface area contributed by atoms with E-state index in [9.17, 15) is 0 Å². The minimum Gasteiger partial charge on any atom is -0.307 e. The zero-order valence-corrected chi connectivity index (χ0v) is 21.2. The van der Waals surface area contributed by atoms with Crippen LogP contribution in [-0.4, -0.2) is 9.13 Å². The molecule has 5 aromatic carbocycles. The van der Waals surface area contributed by atoms with Crippen LogP contribution in [0.5, 0.6) is 0 Å². The fraction of sp³-hybridized carbons (Fsp3) is 0.0625. The molecular formula is C32H23BrN2. The summed E-state index contributed by atoms with van der Waals surface area (Å²) in [5.74, 6) is 0. The number of para-hydroxylation sites is 3. The minimum atomic E-state index is 1.17. The Morgan fingerprint density at radius 2 is 0.943 bits per heavy atom. The van der Waals surface area contributed by atoms with Crippen molar-refractivity contribution >= 4 is 59.5 Å². The molecule has 0 aliphatic rings. The molecule has 2 heterocycles. The zero-order chi connectivity index (χ0) is 23.7. The Morgan fingerprint density at radius 1 is 0.486 bits per heavy atom. The summed E-state index contributed by atoms with van der Waals surface area (Å²) in [7, 11) is 0.